The van der Waals surface area contributed by atoms with E-state index in [-0.39, 0.29) is 0 Å². The second kappa shape index (κ2) is 6.04. The van der Waals surface area contributed by atoms with Crippen LogP contribution in [0.15, 0.2) is 0 Å². The molecule has 4 fully saturated rings. The third-order valence-corrected chi connectivity index (χ3v) is 9.28. The van der Waals surface area contributed by atoms with Gasteiger partial charge in [-0.05, 0) is 105 Å². The molecule has 132 valence electrons. The number of hydrogen-bond donors (Lipinski definition) is 1. The van der Waals surface area contributed by atoms with Gasteiger partial charge >= 0.3 is 0 Å². The van der Waals surface area contributed by atoms with Crippen LogP contribution < -0.4 is 0 Å². The average molecular weight is 319 g/mol. The van der Waals surface area contributed by atoms with E-state index in [0.29, 0.717) is 17.4 Å². The van der Waals surface area contributed by atoms with E-state index < -0.39 is 0 Å². The highest BCUT2D eigenvalue weighted by Gasteiger charge is 2.59. The minimum absolute atomic E-state index is 0.397. The third kappa shape index (κ3) is 2.52. The molecule has 0 amide bonds. The van der Waals surface area contributed by atoms with Crippen LogP contribution in [-0.2, 0) is 0 Å². The summed E-state index contributed by atoms with van der Waals surface area (Å²) in [5.74, 6) is 4.98. The van der Waals surface area contributed by atoms with Crippen LogP contribution in [0.25, 0.3) is 0 Å². The predicted molar refractivity (Wildman–Crippen MR) is 96.2 cm³/mol. The molecule has 7 atom stereocenters. The highest BCUT2D eigenvalue weighted by atomic mass is 16.2. The summed E-state index contributed by atoms with van der Waals surface area (Å²) in [7, 11) is 0. The first-order chi connectivity index (χ1) is 11.1. The zero-order valence-electron chi connectivity index (χ0n) is 15.5. The second-order valence-corrected chi connectivity index (χ2v) is 10.2. The fraction of sp³-hybridized carbons (Fsp3) is 1.00. The van der Waals surface area contributed by atoms with E-state index in [4.69, 9.17) is 0 Å². The Hall–Kier alpha value is -0.0400. The highest BCUT2D eigenvalue weighted by Crippen LogP contribution is 2.67. The predicted octanol–water partition coefficient (Wildman–Crippen LogP) is 5.81. The topological polar surface area (TPSA) is 20.2 Å². The molecule has 0 radical (unpaired) electrons. The lowest BCUT2D eigenvalue weighted by molar-refractivity contribution is -0.112. The molecule has 4 saturated carbocycles. The van der Waals surface area contributed by atoms with Gasteiger partial charge in [0, 0.05) is 6.61 Å². The summed E-state index contributed by atoms with van der Waals surface area (Å²) in [5, 5.41) is 9.31. The smallest absolute Gasteiger partial charge is 0.0431 e. The first-order valence-corrected chi connectivity index (χ1v) is 10.7. The van der Waals surface area contributed by atoms with Crippen LogP contribution in [-0.4, -0.2) is 11.7 Å². The van der Waals surface area contributed by atoms with Gasteiger partial charge in [-0.1, -0.05) is 26.7 Å². The SMILES string of the molecule is C[C@@]12CCC(CCCO)[C@H]1[C@@H]1CC[C@H]3CCCC[C@]3(C)[C@H]1CC2. The van der Waals surface area contributed by atoms with E-state index in [1.165, 1.54) is 70.6 Å². The summed E-state index contributed by atoms with van der Waals surface area (Å²) in [6.45, 7) is 5.71. The Bertz CT molecular complexity index is 430. The minimum Gasteiger partial charge on any atom is -0.396 e. The van der Waals surface area contributed by atoms with Gasteiger partial charge in [-0.15, -0.1) is 0 Å². The summed E-state index contributed by atoms with van der Waals surface area (Å²) >= 11 is 0. The molecule has 0 aromatic rings. The van der Waals surface area contributed by atoms with Gasteiger partial charge in [-0.3, -0.25) is 0 Å². The average Bonchev–Trinajstić information content (AvgIpc) is 2.89. The van der Waals surface area contributed by atoms with Crippen LogP contribution in [0.1, 0.15) is 90.9 Å². The molecule has 0 spiro atoms. The standard InChI is InChI=1S/C22H38O/c1-21-13-10-16(6-5-15-23)20(21)18-9-8-17-7-3-4-12-22(17,2)19(18)11-14-21/h16-20,23H,3-15H2,1-2H3/t16?,17-,18-,19+,20+,21+,22+/m1/s1. The van der Waals surface area contributed by atoms with Crippen molar-refractivity contribution >= 4 is 0 Å². The van der Waals surface area contributed by atoms with E-state index in [9.17, 15) is 5.11 Å². The minimum atomic E-state index is 0.397. The van der Waals surface area contributed by atoms with Crippen LogP contribution in [0, 0.1) is 40.4 Å². The van der Waals surface area contributed by atoms with Crippen LogP contribution >= 0.6 is 0 Å². The molecule has 1 N–H and O–H groups in total. The molecule has 1 unspecified atom stereocenters. The molecule has 1 nitrogen and oxygen atoms in total. The number of aliphatic hydroxyl groups is 1. The summed E-state index contributed by atoms with van der Waals surface area (Å²) in [4.78, 5) is 0. The number of hydrogen-bond acceptors (Lipinski definition) is 1. The fourth-order valence-electron chi connectivity index (χ4n) is 8.20. The molecule has 4 rings (SSSR count). The van der Waals surface area contributed by atoms with Gasteiger partial charge in [-0.2, -0.15) is 0 Å². The van der Waals surface area contributed by atoms with Gasteiger partial charge < -0.3 is 5.11 Å². The Morgan fingerprint density at radius 1 is 0.913 bits per heavy atom. The maximum Gasteiger partial charge on any atom is 0.0431 e. The monoisotopic (exact) mass is 318 g/mol. The summed E-state index contributed by atoms with van der Waals surface area (Å²) in [6.07, 6.45) is 17.4. The zero-order valence-corrected chi connectivity index (χ0v) is 15.5. The van der Waals surface area contributed by atoms with E-state index in [1.807, 2.05) is 0 Å². The van der Waals surface area contributed by atoms with Crippen molar-refractivity contribution in [2.24, 2.45) is 40.4 Å². The Morgan fingerprint density at radius 2 is 1.74 bits per heavy atom. The largest absolute Gasteiger partial charge is 0.396 e. The molecule has 0 aliphatic heterocycles. The normalized spacial score (nSPS) is 52.6. The molecule has 4 aliphatic carbocycles. The molecule has 0 heterocycles. The zero-order chi connectivity index (χ0) is 16.1. The van der Waals surface area contributed by atoms with E-state index >= 15 is 0 Å². The lowest BCUT2D eigenvalue weighted by Gasteiger charge is -2.60. The van der Waals surface area contributed by atoms with Crippen LogP contribution in [0.3, 0.4) is 0 Å². The highest BCUT2D eigenvalue weighted by molar-refractivity contribution is 5.08. The van der Waals surface area contributed by atoms with E-state index in [0.717, 1.165) is 36.0 Å². The van der Waals surface area contributed by atoms with Crippen molar-refractivity contribution < 1.29 is 5.11 Å². The van der Waals surface area contributed by atoms with Gasteiger partial charge in [0.15, 0.2) is 0 Å². The second-order valence-electron chi connectivity index (χ2n) is 10.2. The maximum absolute atomic E-state index is 9.31. The Balaban J connectivity index is 1.60. The van der Waals surface area contributed by atoms with Gasteiger partial charge in [0.05, 0.1) is 0 Å². The van der Waals surface area contributed by atoms with Crippen molar-refractivity contribution in [1.29, 1.82) is 0 Å². The molecule has 0 bridgehead atoms. The number of rotatable bonds is 3. The van der Waals surface area contributed by atoms with Crippen LogP contribution in [0.5, 0.6) is 0 Å². The van der Waals surface area contributed by atoms with Crippen molar-refractivity contribution in [1.82, 2.24) is 0 Å². The molecular weight excluding hydrogens is 280 g/mol. The third-order valence-electron chi connectivity index (χ3n) is 9.28. The Kier molecular flexibility index (Phi) is 4.32. The summed E-state index contributed by atoms with van der Waals surface area (Å²) in [6, 6.07) is 0. The van der Waals surface area contributed by atoms with E-state index in [2.05, 4.69) is 13.8 Å². The first kappa shape index (κ1) is 16.4. The van der Waals surface area contributed by atoms with Crippen molar-refractivity contribution in [2.45, 2.75) is 90.9 Å². The molecule has 1 heteroatoms. The molecule has 4 aliphatic rings. The van der Waals surface area contributed by atoms with Gasteiger partial charge in [0.2, 0.25) is 0 Å². The molecule has 0 aromatic carbocycles. The lowest BCUT2D eigenvalue weighted by Crippen LogP contribution is -2.52. The first-order valence-electron chi connectivity index (χ1n) is 10.7. The van der Waals surface area contributed by atoms with Crippen molar-refractivity contribution in [2.75, 3.05) is 6.61 Å². The maximum atomic E-state index is 9.31. The summed E-state index contributed by atoms with van der Waals surface area (Å²) in [5.41, 5.74) is 1.31. The molecule has 0 saturated heterocycles. The lowest BCUT2D eigenvalue weighted by atomic mass is 9.44. The quantitative estimate of drug-likeness (QED) is 0.696. The number of fused-ring (bicyclic) bond motifs is 5. The van der Waals surface area contributed by atoms with Crippen molar-refractivity contribution in [3.05, 3.63) is 0 Å². The molecule has 23 heavy (non-hydrogen) atoms. The van der Waals surface area contributed by atoms with Gasteiger partial charge in [0.25, 0.3) is 0 Å². The van der Waals surface area contributed by atoms with E-state index in [1.54, 1.807) is 0 Å². The fourth-order valence-corrected chi connectivity index (χ4v) is 8.20. The molecular formula is C22H38O. The van der Waals surface area contributed by atoms with Gasteiger partial charge in [0.1, 0.15) is 0 Å². The number of aliphatic hydroxyl groups excluding tert-OH is 1. The molecule has 0 aromatic heterocycles. The van der Waals surface area contributed by atoms with Crippen molar-refractivity contribution in [3.8, 4) is 0 Å². The van der Waals surface area contributed by atoms with Crippen LogP contribution in [0.2, 0.25) is 0 Å². The van der Waals surface area contributed by atoms with Crippen LogP contribution in [0.4, 0.5) is 0 Å². The Morgan fingerprint density at radius 3 is 2.57 bits per heavy atom. The Labute approximate surface area is 143 Å². The summed E-state index contributed by atoms with van der Waals surface area (Å²) < 4.78 is 0. The van der Waals surface area contributed by atoms with Gasteiger partial charge in [-0.25, -0.2) is 0 Å². The van der Waals surface area contributed by atoms with Crippen molar-refractivity contribution in [3.63, 3.8) is 0 Å².